The standard InChI is InChI=1S/C10H11BPS3.Rb/c1-8-4-9(6-10(11)5-8)7-15-12-13-2-3-14-12;/h4,6H,2-3,7H2,1H3;/q-1;+1. The molecule has 0 aromatic heterocycles. The summed E-state index contributed by atoms with van der Waals surface area (Å²) in [7, 11) is 5.77. The first kappa shape index (κ1) is 16.6. The van der Waals surface area contributed by atoms with E-state index in [9.17, 15) is 0 Å². The summed E-state index contributed by atoms with van der Waals surface area (Å²) in [6.07, 6.45) is 0. The zero-order valence-corrected chi connectivity index (χ0v) is 17.8. The Kier molecular flexibility index (Phi) is 9.02. The van der Waals surface area contributed by atoms with Crippen LogP contribution in [0.2, 0.25) is 0 Å². The molecule has 1 aliphatic heterocycles. The monoisotopic (exact) mass is 354 g/mol. The average Bonchev–Trinajstić information content (AvgIpc) is 2.65. The third-order valence-corrected chi connectivity index (χ3v) is 13.1. The van der Waals surface area contributed by atoms with Gasteiger partial charge in [0.25, 0.3) is 0 Å². The molecule has 1 aliphatic rings. The first-order valence-corrected chi connectivity index (χ1v) is 10.8. The molecule has 6 heteroatoms. The van der Waals surface area contributed by atoms with Gasteiger partial charge >= 0.3 is 58.2 Å². The molecule has 0 aliphatic carbocycles. The van der Waals surface area contributed by atoms with Gasteiger partial charge in [-0.05, 0) is 0 Å². The Bertz CT molecular complexity index is 325. The molecule has 0 bridgehead atoms. The fourth-order valence-electron chi connectivity index (χ4n) is 1.37. The second kappa shape index (κ2) is 8.68. The van der Waals surface area contributed by atoms with Crippen LogP contribution in [0.15, 0.2) is 12.1 Å². The maximum Gasteiger partial charge on any atom is 1.00 e. The van der Waals surface area contributed by atoms with Crippen LogP contribution in [0.25, 0.3) is 0 Å². The van der Waals surface area contributed by atoms with E-state index in [4.69, 9.17) is 7.85 Å². The Balaban J connectivity index is 0.00000128. The summed E-state index contributed by atoms with van der Waals surface area (Å²) in [6, 6.07) is 7.33. The molecule has 0 spiro atoms. The quantitative estimate of drug-likeness (QED) is 0.442. The van der Waals surface area contributed by atoms with Gasteiger partial charge in [0.2, 0.25) is 0 Å². The predicted molar refractivity (Wildman–Crippen MR) is 78.5 cm³/mol. The summed E-state index contributed by atoms with van der Waals surface area (Å²) in [5.41, 5.74) is 3.36. The average molecular weight is 355 g/mol. The van der Waals surface area contributed by atoms with Gasteiger partial charge in [0.05, 0.1) is 13.4 Å². The fourth-order valence-corrected chi connectivity index (χ4v) is 12.2. The minimum absolute atomic E-state index is 0. The van der Waals surface area contributed by atoms with Crippen molar-refractivity contribution < 1.29 is 58.2 Å². The second-order valence-electron chi connectivity index (χ2n) is 3.29. The van der Waals surface area contributed by atoms with E-state index in [0.29, 0.717) is 0 Å². The maximum absolute atomic E-state index is 5.77. The summed E-state index contributed by atoms with van der Waals surface area (Å²) < 4.78 is 0. The van der Waals surface area contributed by atoms with Gasteiger partial charge in [-0.15, -0.1) is 39.7 Å². The topological polar surface area (TPSA) is 0 Å². The van der Waals surface area contributed by atoms with Gasteiger partial charge < -0.3 is 0 Å². The molecule has 1 saturated heterocycles. The fraction of sp³-hybridized carbons (Fsp3) is 0.400. The van der Waals surface area contributed by atoms with Crippen molar-refractivity contribution in [3.05, 3.63) is 29.3 Å². The van der Waals surface area contributed by atoms with E-state index < -0.39 is 0 Å². The van der Waals surface area contributed by atoms with E-state index in [1.807, 2.05) is 6.07 Å². The van der Waals surface area contributed by atoms with Crippen LogP contribution in [-0.4, -0.2) is 19.4 Å². The van der Waals surface area contributed by atoms with Crippen molar-refractivity contribution in [2.45, 2.75) is 12.7 Å². The Morgan fingerprint density at radius 3 is 2.75 bits per heavy atom. The molecule has 0 amide bonds. The van der Waals surface area contributed by atoms with E-state index in [-0.39, 0.29) is 63.7 Å². The molecule has 1 aromatic carbocycles. The minimum atomic E-state index is 0. The van der Waals surface area contributed by atoms with Crippen molar-refractivity contribution in [2.75, 3.05) is 11.5 Å². The maximum atomic E-state index is 5.77. The van der Waals surface area contributed by atoms with Crippen molar-refractivity contribution in [3.8, 4) is 0 Å². The van der Waals surface area contributed by atoms with Crippen LogP contribution in [0.1, 0.15) is 11.1 Å². The van der Waals surface area contributed by atoms with Crippen LogP contribution in [-0.2, 0) is 5.75 Å². The summed E-state index contributed by atoms with van der Waals surface area (Å²) >= 11 is 6.32. The van der Waals surface area contributed by atoms with Crippen molar-refractivity contribution in [3.63, 3.8) is 0 Å². The normalized spacial score (nSPS) is 16.1. The summed E-state index contributed by atoms with van der Waals surface area (Å²) in [5.74, 6) is 3.74. The van der Waals surface area contributed by atoms with Crippen molar-refractivity contribution in [1.29, 1.82) is 0 Å². The Labute approximate surface area is 161 Å². The molecule has 0 nitrogen and oxygen atoms in total. The number of rotatable bonds is 3. The van der Waals surface area contributed by atoms with Gasteiger partial charge in [-0.25, -0.2) is 5.46 Å². The molecule has 1 heterocycles. The van der Waals surface area contributed by atoms with Crippen LogP contribution in [0.3, 0.4) is 0 Å². The summed E-state index contributed by atoms with van der Waals surface area (Å²) in [5, 5.41) is 0. The van der Waals surface area contributed by atoms with Crippen LogP contribution in [0, 0.1) is 13.0 Å². The van der Waals surface area contributed by atoms with Crippen molar-refractivity contribution in [1.82, 2.24) is 0 Å². The summed E-state index contributed by atoms with van der Waals surface area (Å²) in [6.45, 7) is 2.05. The Hall–Kier alpha value is 2.57. The van der Waals surface area contributed by atoms with E-state index >= 15 is 0 Å². The van der Waals surface area contributed by atoms with Gasteiger partial charge in [-0.2, -0.15) is 23.8 Å². The van der Waals surface area contributed by atoms with Crippen LogP contribution in [0.5, 0.6) is 0 Å². The first-order chi connectivity index (χ1) is 7.24. The van der Waals surface area contributed by atoms with Crippen molar-refractivity contribution >= 4 is 53.0 Å². The molecule has 0 atom stereocenters. The second-order valence-corrected chi connectivity index (χ2v) is 13.3. The number of hydrogen-bond donors (Lipinski definition) is 0. The third-order valence-electron chi connectivity index (χ3n) is 1.90. The molecule has 2 radical (unpaired) electrons. The SMILES string of the molecule is [B]c1[c-]c(C)cc(CSP2SCCS2)c1.[Rb+]. The molecule has 2 rings (SSSR count). The van der Waals surface area contributed by atoms with Gasteiger partial charge in [0.1, 0.15) is 0 Å². The van der Waals surface area contributed by atoms with Gasteiger partial charge in [-0.3, -0.25) is 0 Å². The zero-order valence-electron chi connectivity index (χ0n) is 9.53. The number of benzene rings is 1. The molecule has 1 fully saturated rings. The predicted octanol–water partition coefficient (Wildman–Crippen LogP) is 0.533. The Morgan fingerprint density at radius 2 is 2.12 bits per heavy atom. The van der Waals surface area contributed by atoms with Gasteiger partial charge in [0, 0.05) is 17.3 Å². The zero-order chi connectivity index (χ0) is 10.7. The first-order valence-electron chi connectivity index (χ1n) is 4.71. The minimum Gasteiger partial charge on any atom is -0.206 e. The molecule has 0 N–H and O–H groups in total. The molecule has 0 saturated carbocycles. The van der Waals surface area contributed by atoms with Crippen LogP contribution < -0.4 is 63.7 Å². The molecular formula is C10H11BPRbS3. The van der Waals surface area contributed by atoms with E-state index in [0.717, 1.165) is 16.8 Å². The van der Waals surface area contributed by atoms with E-state index in [1.165, 1.54) is 17.1 Å². The summed E-state index contributed by atoms with van der Waals surface area (Å²) in [4.78, 5) is 0. The molecule has 78 valence electrons. The number of aryl methyl sites for hydroxylation is 1. The smallest absolute Gasteiger partial charge is 0.206 e. The third kappa shape index (κ3) is 5.69. The van der Waals surface area contributed by atoms with Gasteiger partial charge in [-0.1, -0.05) is 6.92 Å². The molecule has 0 unspecified atom stereocenters. The largest absolute Gasteiger partial charge is 1.00 e. The van der Waals surface area contributed by atoms with E-state index in [2.05, 4.69) is 53.2 Å². The van der Waals surface area contributed by atoms with Crippen molar-refractivity contribution in [2.24, 2.45) is 0 Å². The number of hydrogen-bond acceptors (Lipinski definition) is 3. The van der Waals surface area contributed by atoms with Gasteiger partial charge in [0.15, 0.2) is 0 Å². The molecule has 16 heavy (non-hydrogen) atoms. The van der Waals surface area contributed by atoms with E-state index in [1.54, 1.807) is 0 Å². The molecule has 1 aromatic rings. The Morgan fingerprint density at radius 1 is 1.44 bits per heavy atom. The van der Waals surface area contributed by atoms with Crippen LogP contribution in [0.4, 0.5) is 0 Å². The van der Waals surface area contributed by atoms with Crippen LogP contribution >= 0.6 is 39.7 Å². The molecular weight excluding hydrogens is 344 g/mol.